The molecule has 1 N–H and O–H groups in total. The van der Waals surface area contributed by atoms with Crippen molar-refractivity contribution in [2.45, 2.75) is 37.1 Å². The zero-order valence-electron chi connectivity index (χ0n) is 17.3. The van der Waals surface area contributed by atoms with Crippen LogP contribution in [0, 0.1) is 0 Å². The first-order chi connectivity index (χ1) is 14.9. The molecule has 2 aromatic carbocycles. The Morgan fingerprint density at radius 3 is 2.44 bits per heavy atom. The molecule has 2 unspecified atom stereocenters. The van der Waals surface area contributed by atoms with Crippen LogP contribution in [0.4, 0.5) is 18.9 Å². The van der Waals surface area contributed by atoms with Gasteiger partial charge in [0.2, 0.25) is 10.0 Å². The van der Waals surface area contributed by atoms with Crippen LogP contribution in [-0.2, 0) is 20.9 Å². The maximum atomic E-state index is 13.0. The van der Waals surface area contributed by atoms with Crippen molar-refractivity contribution in [1.82, 2.24) is 4.31 Å². The molecule has 1 aliphatic heterocycles. The molecule has 6 nitrogen and oxygen atoms in total. The van der Waals surface area contributed by atoms with Crippen molar-refractivity contribution in [3.8, 4) is 0 Å². The molecule has 0 aliphatic carbocycles. The third-order valence-electron chi connectivity index (χ3n) is 4.91. The van der Waals surface area contributed by atoms with Gasteiger partial charge in [-0.3, -0.25) is 4.79 Å². The lowest BCUT2D eigenvalue weighted by molar-refractivity contribution is -0.137. The Labute approximate surface area is 189 Å². The number of benzene rings is 2. The predicted molar refractivity (Wildman–Crippen MR) is 114 cm³/mol. The predicted octanol–water partition coefficient (Wildman–Crippen LogP) is 4.45. The average molecular weight is 491 g/mol. The molecule has 2 atom stereocenters. The Bertz CT molecular complexity index is 1100. The second-order valence-corrected chi connectivity index (χ2v) is 9.92. The number of ketones is 1. The van der Waals surface area contributed by atoms with E-state index in [0.717, 1.165) is 18.2 Å². The second kappa shape index (κ2) is 9.38. The Hall–Kier alpha value is -2.14. The van der Waals surface area contributed by atoms with Crippen LogP contribution in [0.5, 0.6) is 0 Å². The van der Waals surface area contributed by atoms with Gasteiger partial charge in [0, 0.05) is 18.7 Å². The fraction of sp³-hybridized carbons (Fsp3) is 0.381. The Balaban J connectivity index is 1.76. The van der Waals surface area contributed by atoms with Crippen LogP contribution in [-0.4, -0.2) is 50.3 Å². The molecule has 0 amide bonds. The van der Waals surface area contributed by atoms with Crippen LogP contribution in [0.1, 0.15) is 29.8 Å². The molecule has 0 spiro atoms. The summed E-state index contributed by atoms with van der Waals surface area (Å²) in [5.74, 6) is -0.501. The lowest BCUT2D eigenvalue weighted by atomic mass is 10.1. The zero-order chi connectivity index (χ0) is 23.7. The molecule has 0 radical (unpaired) electrons. The monoisotopic (exact) mass is 490 g/mol. The number of halogens is 4. The van der Waals surface area contributed by atoms with E-state index in [1.54, 1.807) is 13.8 Å². The van der Waals surface area contributed by atoms with Gasteiger partial charge >= 0.3 is 6.18 Å². The van der Waals surface area contributed by atoms with Crippen LogP contribution in [0.3, 0.4) is 0 Å². The number of anilines is 1. The van der Waals surface area contributed by atoms with Gasteiger partial charge in [-0.05, 0) is 44.2 Å². The van der Waals surface area contributed by atoms with Crippen LogP contribution in [0.2, 0.25) is 5.02 Å². The van der Waals surface area contributed by atoms with E-state index in [4.69, 9.17) is 16.3 Å². The molecule has 174 valence electrons. The lowest BCUT2D eigenvalue weighted by Crippen LogP contribution is -2.48. The highest BCUT2D eigenvalue weighted by Crippen LogP contribution is 2.33. The number of hydrogen-bond donors (Lipinski definition) is 1. The molecule has 2 aromatic rings. The minimum absolute atomic E-state index is 0.0256. The summed E-state index contributed by atoms with van der Waals surface area (Å²) >= 11 is 5.93. The van der Waals surface area contributed by atoms with Gasteiger partial charge < -0.3 is 10.1 Å². The SMILES string of the molecule is CC1CN(S(=O)(=O)c2cccc(C(=O)CNc3cc(C(F)(F)F)ccc3Cl)c2)CC(C)O1. The Morgan fingerprint density at radius 2 is 1.81 bits per heavy atom. The van der Waals surface area contributed by atoms with Gasteiger partial charge in [0.1, 0.15) is 0 Å². The van der Waals surface area contributed by atoms with Crippen molar-refractivity contribution in [3.63, 3.8) is 0 Å². The molecule has 11 heteroatoms. The Morgan fingerprint density at radius 1 is 1.16 bits per heavy atom. The van der Waals surface area contributed by atoms with E-state index in [1.165, 1.54) is 28.6 Å². The second-order valence-electron chi connectivity index (χ2n) is 7.58. The molecular weight excluding hydrogens is 469 g/mol. The van der Waals surface area contributed by atoms with Crippen molar-refractivity contribution in [2.24, 2.45) is 0 Å². The summed E-state index contributed by atoms with van der Waals surface area (Å²) in [6.07, 6.45) is -5.08. The number of morpholine rings is 1. The first kappa shape index (κ1) is 24.5. The molecular formula is C21H22ClF3N2O4S. The number of sulfonamides is 1. The van der Waals surface area contributed by atoms with Crippen molar-refractivity contribution in [2.75, 3.05) is 25.0 Å². The summed E-state index contributed by atoms with van der Waals surface area (Å²) in [5, 5.41) is 2.62. The number of ether oxygens (including phenoxy) is 1. The van der Waals surface area contributed by atoms with Crippen molar-refractivity contribution >= 4 is 33.1 Å². The van der Waals surface area contributed by atoms with E-state index >= 15 is 0 Å². The van der Waals surface area contributed by atoms with E-state index < -0.39 is 27.5 Å². The molecule has 1 aliphatic rings. The molecule has 0 bridgehead atoms. The number of carbonyl (C=O) groups is 1. The summed E-state index contributed by atoms with van der Waals surface area (Å²) in [7, 11) is -3.85. The quantitative estimate of drug-likeness (QED) is 0.605. The number of carbonyl (C=O) groups excluding carboxylic acids is 1. The van der Waals surface area contributed by atoms with Gasteiger partial charge in [-0.25, -0.2) is 8.42 Å². The van der Waals surface area contributed by atoms with Crippen molar-refractivity contribution < 1.29 is 31.1 Å². The van der Waals surface area contributed by atoms with E-state index in [1.807, 2.05) is 0 Å². The van der Waals surface area contributed by atoms with Crippen LogP contribution in [0.15, 0.2) is 47.4 Å². The molecule has 1 saturated heterocycles. The minimum atomic E-state index is -4.55. The molecule has 0 saturated carbocycles. The van der Waals surface area contributed by atoms with Gasteiger partial charge in [-0.15, -0.1) is 0 Å². The highest BCUT2D eigenvalue weighted by molar-refractivity contribution is 7.89. The summed E-state index contributed by atoms with van der Waals surface area (Å²) in [6, 6.07) is 8.31. The molecule has 32 heavy (non-hydrogen) atoms. The number of alkyl halides is 3. The Kier molecular flexibility index (Phi) is 7.18. The number of nitrogens with zero attached hydrogens (tertiary/aromatic N) is 1. The van der Waals surface area contributed by atoms with E-state index in [-0.39, 0.29) is 53.0 Å². The maximum absolute atomic E-state index is 13.0. The zero-order valence-corrected chi connectivity index (χ0v) is 18.9. The largest absolute Gasteiger partial charge is 0.416 e. The molecule has 3 rings (SSSR count). The van der Waals surface area contributed by atoms with Gasteiger partial charge in [0.05, 0.1) is 39.9 Å². The van der Waals surface area contributed by atoms with E-state index in [2.05, 4.69) is 5.32 Å². The first-order valence-electron chi connectivity index (χ1n) is 9.77. The number of hydrogen-bond acceptors (Lipinski definition) is 5. The van der Waals surface area contributed by atoms with E-state index in [9.17, 15) is 26.4 Å². The van der Waals surface area contributed by atoms with E-state index in [0.29, 0.717) is 0 Å². The molecule has 1 heterocycles. The van der Waals surface area contributed by atoms with Crippen molar-refractivity contribution in [3.05, 3.63) is 58.6 Å². The van der Waals surface area contributed by atoms with Gasteiger partial charge in [0.25, 0.3) is 0 Å². The molecule has 0 aromatic heterocycles. The summed E-state index contributed by atoms with van der Waals surface area (Å²) in [4.78, 5) is 12.6. The fourth-order valence-electron chi connectivity index (χ4n) is 3.42. The topological polar surface area (TPSA) is 75.7 Å². The van der Waals surface area contributed by atoms with Crippen LogP contribution >= 0.6 is 11.6 Å². The molecule has 1 fully saturated rings. The van der Waals surface area contributed by atoms with Crippen molar-refractivity contribution in [1.29, 1.82) is 0 Å². The third-order valence-corrected chi connectivity index (χ3v) is 7.07. The summed E-state index contributed by atoms with van der Waals surface area (Å²) in [6.45, 7) is 3.59. The van der Waals surface area contributed by atoms with Crippen LogP contribution < -0.4 is 5.32 Å². The smallest absolute Gasteiger partial charge is 0.376 e. The third kappa shape index (κ3) is 5.61. The normalized spacial score (nSPS) is 20.2. The maximum Gasteiger partial charge on any atom is 0.416 e. The number of Topliss-reactive ketones (excluding diaryl/α,β-unsaturated/α-hetero) is 1. The van der Waals surface area contributed by atoms with Gasteiger partial charge in [0.15, 0.2) is 5.78 Å². The standard InChI is InChI=1S/C21H22ClF3N2O4S/c1-13-11-27(12-14(2)31-13)32(29,30)17-5-3-4-15(8-17)20(28)10-26-19-9-16(21(23,24)25)6-7-18(19)22/h3-9,13-14,26H,10-12H2,1-2H3. The minimum Gasteiger partial charge on any atom is -0.376 e. The highest BCUT2D eigenvalue weighted by atomic mass is 35.5. The van der Waals surface area contributed by atoms with Gasteiger partial charge in [-0.1, -0.05) is 23.7 Å². The highest BCUT2D eigenvalue weighted by Gasteiger charge is 2.33. The van der Waals surface area contributed by atoms with Crippen LogP contribution in [0.25, 0.3) is 0 Å². The number of nitrogens with one attached hydrogen (secondary N) is 1. The van der Waals surface area contributed by atoms with Gasteiger partial charge in [-0.2, -0.15) is 17.5 Å². The lowest BCUT2D eigenvalue weighted by Gasteiger charge is -2.34. The summed E-state index contributed by atoms with van der Waals surface area (Å²) < 4.78 is 71.7. The fourth-order valence-corrected chi connectivity index (χ4v) is 5.24. The number of rotatable bonds is 6. The first-order valence-corrected chi connectivity index (χ1v) is 11.6. The average Bonchev–Trinajstić information content (AvgIpc) is 2.71. The summed E-state index contributed by atoms with van der Waals surface area (Å²) in [5.41, 5.74) is -0.843.